The van der Waals surface area contributed by atoms with Gasteiger partial charge in [-0.3, -0.25) is 9.69 Å². The first-order valence-corrected chi connectivity index (χ1v) is 10.8. The van der Waals surface area contributed by atoms with E-state index in [0.29, 0.717) is 42.8 Å². The van der Waals surface area contributed by atoms with Crippen molar-refractivity contribution in [2.75, 3.05) is 27.3 Å². The minimum Gasteiger partial charge on any atom is -0.493 e. The predicted octanol–water partition coefficient (Wildman–Crippen LogP) is 3.42. The fourth-order valence-electron chi connectivity index (χ4n) is 3.95. The standard InChI is InChI=1S/C24H27FN4O4/c1-31-20-10-7-17(12-21(20)32-2)23-27-22(33-28-23)15-29-11-3-4-18(14-29)24(30)26-13-16-5-8-19(25)9-6-16/h5-10,12,18H,3-4,11,13-15H2,1-2H3,(H,26,30). The van der Waals surface area contributed by atoms with Crippen LogP contribution in [0, 0.1) is 11.7 Å². The highest BCUT2D eigenvalue weighted by molar-refractivity contribution is 5.79. The first kappa shape index (κ1) is 22.7. The molecule has 0 saturated carbocycles. The number of aromatic nitrogens is 2. The molecule has 1 amide bonds. The van der Waals surface area contributed by atoms with E-state index in [1.165, 1.54) is 12.1 Å². The molecule has 1 saturated heterocycles. The van der Waals surface area contributed by atoms with Crippen LogP contribution in [0.1, 0.15) is 24.3 Å². The van der Waals surface area contributed by atoms with Crippen LogP contribution in [-0.4, -0.2) is 48.3 Å². The zero-order valence-electron chi connectivity index (χ0n) is 18.7. The summed E-state index contributed by atoms with van der Waals surface area (Å²) < 4.78 is 29.1. The lowest BCUT2D eigenvalue weighted by Gasteiger charge is -2.30. The number of rotatable bonds is 8. The van der Waals surface area contributed by atoms with Gasteiger partial charge in [-0.25, -0.2) is 4.39 Å². The highest BCUT2D eigenvalue weighted by Gasteiger charge is 2.27. The molecule has 174 valence electrons. The number of hydrogen-bond acceptors (Lipinski definition) is 7. The summed E-state index contributed by atoms with van der Waals surface area (Å²) in [5, 5.41) is 7.05. The van der Waals surface area contributed by atoms with Crippen LogP contribution in [0.3, 0.4) is 0 Å². The second-order valence-corrected chi connectivity index (χ2v) is 8.00. The van der Waals surface area contributed by atoms with E-state index in [0.717, 1.165) is 30.5 Å². The van der Waals surface area contributed by atoms with E-state index >= 15 is 0 Å². The molecule has 2 heterocycles. The quantitative estimate of drug-likeness (QED) is 0.558. The first-order valence-electron chi connectivity index (χ1n) is 10.8. The molecule has 0 spiro atoms. The van der Waals surface area contributed by atoms with Gasteiger partial charge in [-0.05, 0) is 55.3 Å². The number of likely N-dealkylation sites (tertiary alicyclic amines) is 1. The van der Waals surface area contributed by atoms with E-state index in [1.807, 2.05) is 6.07 Å². The van der Waals surface area contributed by atoms with Crippen LogP contribution in [-0.2, 0) is 17.9 Å². The highest BCUT2D eigenvalue weighted by Crippen LogP contribution is 2.31. The molecule has 8 nitrogen and oxygen atoms in total. The Morgan fingerprint density at radius 1 is 1.18 bits per heavy atom. The van der Waals surface area contributed by atoms with Crippen LogP contribution in [0.5, 0.6) is 11.5 Å². The lowest BCUT2D eigenvalue weighted by atomic mass is 9.97. The van der Waals surface area contributed by atoms with E-state index in [1.54, 1.807) is 38.5 Å². The molecule has 1 aliphatic rings. The van der Waals surface area contributed by atoms with Crippen molar-refractivity contribution in [2.45, 2.75) is 25.9 Å². The maximum atomic E-state index is 13.0. The fraction of sp³-hybridized carbons (Fsp3) is 0.375. The number of nitrogens with one attached hydrogen (secondary N) is 1. The summed E-state index contributed by atoms with van der Waals surface area (Å²) in [5.74, 6) is 1.77. The van der Waals surface area contributed by atoms with Gasteiger partial charge in [0.1, 0.15) is 5.82 Å². The summed E-state index contributed by atoms with van der Waals surface area (Å²) in [4.78, 5) is 19.3. The monoisotopic (exact) mass is 454 g/mol. The van der Waals surface area contributed by atoms with Crippen molar-refractivity contribution in [3.8, 4) is 22.9 Å². The van der Waals surface area contributed by atoms with Crippen LogP contribution in [0.25, 0.3) is 11.4 Å². The topological polar surface area (TPSA) is 89.7 Å². The van der Waals surface area contributed by atoms with Crippen LogP contribution in [0.4, 0.5) is 4.39 Å². The van der Waals surface area contributed by atoms with Gasteiger partial charge in [0, 0.05) is 18.7 Å². The van der Waals surface area contributed by atoms with Gasteiger partial charge in [-0.15, -0.1) is 0 Å². The van der Waals surface area contributed by atoms with Gasteiger partial charge in [0.2, 0.25) is 17.6 Å². The second-order valence-electron chi connectivity index (χ2n) is 8.00. The van der Waals surface area contributed by atoms with E-state index in [9.17, 15) is 9.18 Å². The Morgan fingerprint density at radius 3 is 2.73 bits per heavy atom. The summed E-state index contributed by atoms with van der Waals surface area (Å²) in [6.07, 6.45) is 1.73. The molecular formula is C24H27FN4O4. The Balaban J connectivity index is 1.33. The highest BCUT2D eigenvalue weighted by atomic mass is 19.1. The SMILES string of the molecule is COc1ccc(-c2noc(CN3CCCC(C(=O)NCc4ccc(F)cc4)C3)n2)cc1OC. The molecule has 1 N–H and O–H groups in total. The van der Waals surface area contributed by atoms with Gasteiger partial charge in [0.25, 0.3) is 0 Å². The molecule has 33 heavy (non-hydrogen) atoms. The summed E-state index contributed by atoms with van der Waals surface area (Å²) >= 11 is 0. The summed E-state index contributed by atoms with van der Waals surface area (Å²) in [5.41, 5.74) is 1.63. The molecule has 1 unspecified atom stereocenters. The molecule has 4 rings (SSSR count). The Hall–Kier alpha value is -3.46. The van der Waals surface area contributed by atoms with Gasteiger partial charge in [0.15, 0.2) is 11.5 Å². The average molecular weight is 455 g/mol. The predicted molar refractivity (Wildman–Crippen MR) is 119 cm³/mol. The third-order valence-electron chi connectivity index (χ3n) is 5.72. The lowest BCUT2D eigenvalue weighted by Crippen LogP contribution is -2.42. The number of piperidine rings is 1. The van der Waals surface area contributed by atoms with Crippen LogP contribution < -0.4 is 14.8 Å². The molecule has 3 aromatic rings. The Bertz CT molecular complexity index is 1090. The largest absolute Gasteiger partial charge is 0.493 e. The van der Waals surface area contributed by atoms with E-state index < -0.39 is 0 Å². The van der Waals surface area contributed by atoms with Gasteiger partial charge in [-0.1, -0.05) is 17.3 Å². The summed E-state index contributed by atoms with van der Waals surface area (Å²) in [7, 11) is 3.16. The molecule has 0 aliphatic carbocycles. The third kappa shape index (κ3) is 5.67. The Kier molecular flexibility index (Phi) is 7.19. The maximum absolute atomic E-state index is 13.0. The molecule has 1 fully saturated rings. The summed E-state index contributed by atoms with van der Waals surface area (Å²) in [6.45, 7) is 2.33. The van der Waals surface area contributed by atoms with Gasteiger partial charge in [0.05, 0.1) is 26.7 Å². The normalized spacial score (nSPS) is 16.4. The molecule has 0 radical (unpaired) electrons. The van der Waals surface area contributed by atoms with E-state index in [-0.39, 0.29) is 17.6 Å². The molecule has 9 heteroatoms. The van der Waals surface area contributed by atoms with Crippen molar-refractivity contribution in [3.63, 3.8) is 0 Å². The fourth-order valence-corrected chi connectivity index (χ4v) is 3.95. The third-order valence-corrected chi connectivity index (χ3v) is 5.72. The Labute approximate surface area is 191 Å². The summed E-state index contributed by atoms with van der Waals surface area (Å²) in [6, 6.07) is 11.6. The second kappa shape index (κ2) is 10.4. The minimum atomic E-state index is -0.289. The van der Waals surface area contributed by atoms with Crippen LogP contribution >= 0.6 is 0 Å². The van der Waals surface area contributed by atoms with Crippen molar-refractivity contribution in [1.29, 1.82) is 0 Å². The lowest BCUT2D eigenvalue weighted by molar-refractivity contribution is -0.127. The van der Waals surface area contributed by atoms with Crippen molar-refractivity contribution < 1.29 is 23.2 Å². The molecular weight excluding hydrogens is 427 g/mol. The molecule has 1 atom stereocenters. The van der Waals surface area contributed by atoms with E-state index in [2.05, 4.69) is 20.4 Å². The number of hydrogen-bond donors (Lipinski definition) is 1. The smallest absolute Gasteiger partial charge is 0.241 e. The van der Waals surface area contributed by atoms with Crippen molar-refractivity contribution in [2.24, 2.45) is 5.92 Å². The molecule has 1 aliphatic heterocycles. The number of ether oxygens (including phenoxy) is 2. The van der Waals surface area contributed by atoms with Crippen LogP contribution in [0.15, 0.2) is 47.0 Å². The van der Waals surface area contributed by atoms with Gasteiger partial charge >= 0.3 is 0 Å². The average Bonchev–Trinajstić information content (AvgIpc) is 3.31. The number of methoxy groups -OCH3 is 2. The first-order chi connectivity index (χ1) is 16.1. The number of halogens is 1. The van der Waals surface area contributed by atoms with E-state index in [4.69, 9.17) is 14.0 Å². The number of carbonyl (C=O) groups excluding carboxylic acids is 1. The molecule has 2 aromatic carbocycles. The minimum absolute atomic E-state index is 0.000529. The van der Waals surface area contributed by atoms with Crippen LogP contribution in [0.2, 0.25) is 0 Å². The van der Waals surface area contributed by atoms with Crippen molar-refractivity contribution in [3.05, 3.63) is 59.7 Å². The van der Waals surface area contributed by atoms with Crippen molar-refractivity contribution in [1.82, 2.24) is 20.4 Å². The zero-order chi connectivity index (χ0) is 23.2. The van der Waals surface area contributed by atoms with Gasteiger partial charge in [-0.2, -0.15) is 4.98 Å². The molecule has 1 aromatic heterocycles. The van der Waals surface area contributed by atoms with Gasteiger partial charge < -0.3 is 19.3 Å². The number of nitrogens with zero attached hydrogens (tertiary/aromatic N) is 3. The zero-order valence-corrected chi connectivity index (χ0v) is 18.7. The number of carbonyl (C=O) groups is 1. The Morgan fingerprint density at radius 2 is 1.97 bits per heavy atom. The molecule has 0 bridgehead atoms. The van der Waals surface area contributed by atoms with Crippen molar-refractivity contribution >= 4 is 5.91 Å². The number of benzene rings is 2. The maximum Gasteiger partial charge on any atom is 0.241 e. The number of amides is 1.